The second-order valence-electron chi connectivity index (χ2n) is 5.37. The Labute approximate surface area is 159 Å². The van der Waals surface area contributed by atoms with Crippen LogP contribution in [0.3, 0.4) is 0 Å². The normalized spacial score (nSPS) is 14.4. The number of ether oxygens (including phenoxy) is 2. The number of hydrogen-bond donors (Lipinski definition) is 1. The molecule has 1 saturated heterocycles. The first-order valence-corrected chi connectivity index (χ1v) is 8.40. The van der Waals surface area contributed by atoms with Crippen molar-refractivity contribution in [3.8, 4) is 5.75 Å². The minimum absolute atomic E-state index is 0.000630. The molecule has 6 nitrogen and oxygen atoms in total. The minimum atomic E-state index is -4.50. The van der Waals surface area contributed by atoms with Crippen molar-refractivity contribution in [2.45, 2.75) is 12.8 Å². The van der Waals surface area contributed by atoms with Gasteiger partial charge in [-0.1, -0.05) is 17.7 Å². The molecule has 1 aliphatic rings. The summed E-state index contributed by atoms with van der Waals surface area (Å²) < 4.78 is 49.8. The average molecular weight is 406 g/mol. The number of rotatable bonds is 4. The van der Waals surface area contributed by atoms with Gasteiger partial charge in [-0.2, -0.15) is 13.2 Å². The molecule has 0 aliphatic carbocycles. The van der Waals surface area contributed by atoms with E-state index in [1.54, 1.807) is 0 Å². The first kappa shape index (κ1) is 21.2. The molecule has 27 heavy (non-hydrogen) atoms. The van der Waals surface area contributed by atoms with E-state index in [-0.39, 0.29) is 22.9 Å². The van der Waals surface area contributed by atoms with Crippen molar-refractivity contribution in [1.29, 1.82) is 0 Å². The molecule has 0 bridgehead atoms. The van der Waals surface area contributed by atoms with Crippen LogP contribution in [0, 0.1) is 0 Å². The highest BCUT2D eigenvalue weighted by Crippen LogP contribution is 2.35. The highest BCUT2D eigenvalue weighted by molar-refractivity contribution is 6.31. The lowest BCUT2D eigenvalue weighted by molar-refractivity contribution is -0.138. The Morgan fingerprint density at radius 3 is 2.41 bits per heavy atom. The van der Waals surface area contributed by atoms with Gasteiger partial charge in [-0.05, 0) is 12.1 Å². The molecule has 1 N–H and O–H groups in total. The summed E-state index contributed by atoms with van der Waals surface area (Å²) in [6.45, 7) is 2.26. The third-order valence-corrected chi connectivity index (χ3v) is 4.07. The molecule has 2 aromatic rings. The van der Waals surface area contributed by atoms with E-state index in [1.807, 2.05) is 4.90 Å². The summed E-state index contributed by atoms with van der Waals surface area (Å²) in [4.78, 5) is 10.3. The lowest BCUT2D eigenvalue weighted by atomic mass is 10.1. The highest BCUT2D eigenvalue weighted by Gasteiger charge is 2.34. The maximum absolute atomic E-state index is 13.1. The Bertz CT molecular complexity index is 724. The van der Waals surface area contributed by atoms with Gasteiger partial charge in [0.15, 0.2) is 5.75 Å². The fourth-order valence-corrected chi connectivity index (χ4v) is 2.67. The maximum atomic E-state index is 13.1. The van der Waals surface area contributed by atoms with Crippen molar-refractivity contribution in [1.82, 2.24) is 9.97 Å². The van der Waals surface area contributed by atoms with Gasteiger partial charge in [-0.25, -0.2) is 9.97 Å². The first-order chi connectivity index (χ1) is 12.9. The number of alkyl halides is 3. The van der Waals surface area contributed by atoms with Crippen LogP contribution in [-0.2, 0) is 17.5 Å². The summed E-state index contributed by atoms with van der Waals surface area (Å²) in [6, 6.07) is 3.63. The number of aliphatic hydroxyl groups excluding tert-OH is 1. The standard InChI is InChI=1S/C16H15ClF3N3O2.CH4O/c17-14-3-1-2-13(16(18,19)20)12(14)10-25-11-8-21-15(22-9-11)23-4-6-24-7-5-23;1-2/h1-3,8-9H,4-7,10H2;2H,1H3. The van der Waals surface area contributed by atoms with Crippen molar-refractivity contribution in [2.24, 2.45) is 0 Å². The summed E-state index contributed by atoms with van der Waals surface area (Å²) in [6.07, 6.45) is -1.63. The van der Waals surface area contributed by atoms with Crippen LogP contribution in [0.4, 0.5) is 19.1 Å². The van der Waals surface area contributed by atoms with Crippen LogP contribution in [0.2, 0.25) is 5.02 Å². The van der Waals surface area contributed by atoms with E-state index in [0.717, 1.165) is 13.2 Å². The Morgan fingerprint density at radius 1 is 1.19 bits per heavy atom. The molecule has 0 atom stereocenters. The fraction of sp³-hybridized carbons (Fsp3) is 0.412. The predicted molar refractivity (Wildman–Crippen MR) is 94.0 cm³/mol. The molecule has 3 rings (SSSR count). The molecule has 1 fully saturated rings. The zero-order valence-corrected chi connectivity index (χ0v) is 15.3. The maximum Gasteiger partial charge on any atom is 0.416 e. The van der Waals surface area contributed by atoms with Crippen molar-refractivity contribution in [3.63, 3.8) is 0 Å². The third-order valence-electron chi connectivity index (χ3n) is 3.72. The van der Waals surface area contributed by atoms with E-state index in [9.17, 15) is 13.2 Å². The largest absolute Gasteiger partial charge is 0.486 e. The van der Waals surface area contributed by atoms with Gasteiger partial charge in [0.2, 0.25) is 5.95 Å². The van der Waals surface area contributed by atoms with Gasteiger partial charge >= 0.3 is 6.18 Å². The number of benzene rings is 1. The lowest BCUT2D eigenvalue weighted by Gasteiger charge is -2.26. The molecule has 10 heteroatoms. The molecule has 0 amide bonds. The topological polar surface area (TPSA) is 67.7 Å². The molecule has 0 spiro atoms. The molecular formula is C17H19ClF3N3O3. The quantitative estimate of drug-likeness (QED) is 0.842. The van der Waals surface area contributed by atoms with E-state index in [4.69, 9.17) is 26.2 Å². The summed E-state index contributed by atoms with van der Waals surface area (Å²) in [7, 11) is 1.00. The zero-order chi connectivity index (χ0) is 19.9. The van der Waals surface area contributed by atoms with Gasteiger partial charge in [0, 0.05) is 30.8 Å². The van der Waals surface area contributed by atoms with Gasteiger partial charge in [-0.3, -0.25) is 0 Å². The van der Waals surface area contributed by atoms with Crippen LogP contribution >= 0.6 is 11.6 Å². The minimum Gasteiger partial charge on any atom is -0.486 e. The number of halogens is 4. The number of hydrogen-bond acceptors (Lipinski definition) is 6. The van der Waals surface area contributed by atoms with E-state index in [0.29, 0.717) is 32.3 Å². The van der Waals surface area contributed by atoms with Gasteiger partial charge in [0.05, 0.1) is 31.2 Å². The van der Waals surface area contributed by atoms with Crippen molar-refractivity contribution >= 4 is 17.5 Å². The van der Waals surface area contributed by atoms with Gasteiger partial charge in [-0.15, -0.1) is 0 Å². The molecular weight excluding hydrogens is 387 g/mol. The van der Waals surface area contributed by atoms with Crippen LogP contribution in [0.5, 0.6) is 5.75 Å². The van der Waals surface area contributed by atoms with E-state index < -0.39 is 11.7 Å². The summed E-state index contributed by atoms with van der Waals surface area (Å²) in [5.41, 5.74) is -0.931. The fourth-order valence-electron chi connectivity index (χ4n) is 2.44. The number of aliphatic hydroxyl groups is 1. The Balaban J connectivity index is 0.00000126. The average Bonchev–Trinajstić information content (AvgIpc) is 2.69. The van der Waals surface area contributed by atoms with Crippen molar-refractivity contribution in [3.05, 3.63) is 46.7 Å². The van der Waals surface area contributed by atoms with Gasteiger partial charge < -0.3 is 19.5 Å². The Kier molecular flexibility index (Phi) is 7.64. The second kappa shape index (κ2) is 9.72. The molecule has 2 heterocycles. The van der Waals surface area contributed by atoms with E-state index in [2.05, 4.69) is 9.97 Å². The molecule has 148 valence electrons. The molecule has 1 aromatic heterocycles. The zero-order valence-electron chi connectivity index (χ0n) is 14.5. The predicted octanol–water partition coefficient (Wildman–Crippen LogP) is 3.17. The number of nitrogens with zero attached hydrogens (tertiary/aromatic N) is 3. The molecule has 1 aliphatic heterocycles. The van der Waals surface area contributed by atoms with Crippen LogP contribution in [-0.4, -0.2) is 48.5 Å². The molecule has 0 unspecified atom stereocenters. The second-order valence-corrected chi connectivity index (χ2v) is 5.78. The lowest BCUT2D eigenvalue weighted by Crippen LogP contribution is -2.37. The number of anilines is 1. The smallest absolute Gasteiger partial charge is 0.416 e. The Morgan fingerprint density at radius 2 is 1.81 bits per heavy atom. The summed E-state index contributed by atoms with van der Waals surface area (Å²) in [5, 5.41) is 7.00. The Hall–Kier alpha value is -2.10. The van der Waals surface area contributed by atoms with Crippen LogP contribution < -0.4 is 9.64 Å². The third kappa shape index (κ3) is 5.69. The summed E-state index contributed by atoms with van der Waals surface area (Å²) >= 11 is 5.90. The monoisotopic (exact) mass is 405 g/mol. The molecule has 0 saturated carbocycles. The number of aromatic nitrogens is 2. The van der Waals surface area contributed by atoms with E-state index >= 15 is 0 Å². The molecule has 0 radical (unpaired) electrons. The van der Waals surface area contributed by atoms with Crippen molar-refractivity contribution in [2.75, 3.05) is 38.3 Å². The van der Waals surface area contributed by atoms with E-state index in [1.165, 1.54) is 24.5 Å². The van der Waals surface area contributed by atoms with Crippen LogP contribution in [0.25, 0.3) is 0 Å². The van der Waals surface area contributed by atoms with Gasteiger partial charge in [0.1, 0.15) is 6.61 Å². The summed E-state index contributed by atoms with van der Waals surface area (Å²) in [5.74, 6) is 0.800. The first-order valence-electron chi connectivity index (χ1n) is 8.02. The van der Waals surface area contributed by atoms with Crippen molar-refractivity contribution < 1.29 is 27.8 Å². The highest BCUT2D eigenvalue weighted by atomic mass is 35.5. The SMILES string of the molecule is CO.FC(F)(F)c1cccc(Cl)c1COc1cnc(N2CCOCC2)nc1. The van der Waals surface area contributed by atoms with Gasteiger partial charge in [0.25, 0.3) is 0 Å². The van der Waals surface area contributed by atoms with Crippen LogP contribution in [0.1, 0.15) is 11.1 Å². The van der Waals surface area contributed by atoms with Crippen LogP contribution in [0.15, 0.2) is 30.6 Å². The number of morpholine rings is 1. The molecule has 1 aromatic carbocycles.